The molecule has 108 valence electrons. The van der Waals surface area contributed by atoms with E-state index in [1.54, 1.807) is 6.07 Å². The van der Waals surface area contributed by atoms with Crippen LogP contribution in [0.4, 0.5) is 0 Å². The minimum absolute atomic E-state index is 0.204. The molecular weight excluding hydrogens is 338 g/mol. The van der Waals surface area contributed by atoms with Gasteiger partial charge in [-0.15, -0.1) is 0 Å². The van der Waals surface area contributed by atoms with Gasteiger partial charge in [0.05, 0.1) is 6.33 Å². The number of H-pyrrole nitrogens is 1. The number of amides is 1. The average molecular weight is 350 g/mol. The molecule has 0 bridgehead atoms. The third-order valence-corrected chi connectivity index (χ3v) is 3.62. The lowest BCUT2D eigenvalue weighted by Crippen LogP contribution is -2.12. The number of carbonyl (C=O) groups excluding carboxylic acids is 1. The van der Waals surface area contributed by atoms with Crippen molar-refractivity contribution in [3.05, 3.63) is 39.4 Å². The number of hydrogen-bond acceptors (Lipinski definition) is 4. The molecule has 0 spiro atoms. The van der Waals surface area contributed by atoms with Crippen LogP contribution in [0.25, 0.3) is 22.1 Å². The lowest BCUT2D eigenvalue weighted by atomic mass is 10.2. The van der Waals surface area contributed by atoms with Crippen LogP contribution < -0.4 is 10.9 Å². The second-order valence-electron chi connectivity index (χ2n) is 4.61. The highest BCUT2D eigenvalue weighted by molar-refractivity contribution is 9.10. The molecule has 2 N–H and O–H groups in total. The molecule has 1 saturated heterocycles. The van der Waals surface area contributed by atoms with E-state index in [1.807, 2.05) is 12.1 Å². The van der Waals surface area contributed by atoms with Gasteiger partial charge in [-0.05, 0) is 24.6 Å². The van der Waals surface area contributed by atoms with Crippen molar-refractivity contribution in [3.8, 4) is 0 Å². The first-order valence-electron chi connectivity index (χ1n) is 6.47. The number of aromatic amines is 1. The summed E-state index contributed by atoms with van der Waals surface area (Å²) in [5, 5.41) is 3.52. The summed E-state index contributed by atoms with van der Waals surface area (Å²) in [6, 6.07) is 5.55. The van der Waals surface area contributed by atoms with Gasteiger partial charge >= 0.3 is 0 Å². The molecule has 0 atom stereocenters. The average Bonchev–Trinajstić information content (AvgIpc) is 3.07. The van der Waals surface area contributed by atoms with Crippen molar-refractivity contribution in [2.24, 2.45) is 0 Å². The van der Waals surface area contributed by atoms with Gasteiger partial charge in [0.2, 0.25) is 11.5 Å². The van der Waals surface area contributed by atoms with Crippen LogP contribution in [0.5, 0.6) is 0 Å². The standard InChI is InChI=1S/C10H5BrN2O2.C4H7NO/c11-5-1-2-7-6(3-5)8-9(15-7)10(14)13-4-12-8;6-4-2-1-3-5-4/h1-4H,(H,12,13,14);1-3H2,(H,5,6). The highest BCUT2D eigenvalue weighted by atomic mass is 79.9. The van der Waals surface area contributed by atoms with Gasteiger partial charge in [0.25, 0.3) is 5.56 Å². The van der Waals surface area contributed by atoms with E-state index in [2.05, 4.69) is 31.2 Å². The molecular formula is C14H12BrN3O3. The van der Waals surface area contributed by atoms with Crippen molar-refractivity contribution >= 4 is 43.9 Å². The molecule has 21 heavy (non-hydrogen) atoms. The monoisotopic (exact) mass is 349 g/mol. The molecule has 6 nitrogen and oxygen atoms in total. The number of rotatable bonds is 0. The molecule has 4 rings (SSSR count). The first-order valence-corrected chi connectivity index (χ1v) is 7.26. The molecule has 3 heterocycles. The summed E-state index contributed by atoms with van der Waals surface area (Å²) in [5.74, 6) is 0.204. The number of nitrogens with zero attached hydrogens (tertiary/aromatic N) is 1. The van der Waals surface area contributed by atoms with Crippen LogP contribution in [0.1, 0.15) is 12.8 Å². The number of benzene rings is 1. The first kappa shape index (κ1) is 13.8. The summed E-state index contributed by atoms with van der Waals surface area (Å²) in [6.45, 7) is 0.888. The quantitative estimate of drug-likeness (QED) is 0.651. The van der Waals surface area contributed by atoms with Crippen LogP contribution in [-0.2, 0) is 4.79 Å². The van der Waals surface area contributed by atoms with Crippen molar-refractivity contribution in [1.82, 2.24) is 15.3 Å². The van der Waals surface area contributed by atoms with E-state index in [4.69, 9.17) is 4.42 Å². The smallest absolute Gasteiger partial charge is 0.294 e. The molecule has 7 heteroatoms. The molecule has 0 saturated carbocycles. The number of hydrogen-bond donors (Lipinski definition) is 2. The van der Waals surface area contributed by atoms with E-state index in [-0.39, 0.29) is 17.0 Å². The van der Waals surface area contributed by atoms with Crippen LogP contribution in [0.3, 0.4) is 0 Å². The molecule has 1 amide bonds. The van der Waals surface area contributed by atoms with Crippen LogP contribution in [0.15, 0.2) is 38.2 Å². The SMILES string of the molecule is O=C1CCCN1.O=c1[nH]cnc2c1oc1ccc(Br)cc12. The largest absolute Gasteiger partial charge is 0.449 e. The predicted octanol–water partition coefficient (Wildman–Crippen LogP) is 2.33. The van der Waals surface area contributed by atoms with Crippen molar-refractivity contribution in [3.63, 3.8) is 0 Å². The Morgan fingerprint density at radius 2 is 2.14 bits per heavy atom. The second-order valence-corrected chi connectivity index (χ2v) is 5.52. The van der Waals surface area contributed by atoms with Crippen LogP contribution in [0, 0.1) is 0 Å². The van der Waals surface area contributed by atoms with Crippen molar-refractivity contribution in [1.29, 1.82) is 0 Å². The summed E-state index contributed by atoms with van der Waals surface area (Å²) < 4.78 is 6.34. The van der Waals surface area contributed by atoms with Gasteiger partial charge in [-0.2, -0.15) is 0 Å². The lowest BCUT2D eigenvalue weighted by Gasteiger charge is -1.88. The van der Waals surface area contributed by atoms with Gasteiger partial charge in [0.15, 0.2) is 0 Å². The Morgan fingerprint density at radius 3 is 2.81 bits per heavy atom. The topological polar surface area (TPSA) is 88.0 Å². The maximum atomic E-state index is 11.4. The van der Waals surface area contributed by atoms with Gasteiger partial charge in [0.1, 0.15) is 11.1 Å². The molecule has 0 aliphatic carbocycles. The first-order chi connectivity index (χ1) is 10.1. The maximum absolute atomic E-state index is 11.4. The minimum atomic E-state index is -0.257. The number of aromatic nitrogens is 2. The van der Waals surface area contributed by atoms with E-state index in [0.717, 1.165) is 29.2 Å². The Balaban J connectivity index is 0.000000186. The Hall–Kier alpha value is -2.15. The number of furan rings is 1. The Kier molecular flexibility index (Phi) is 3.74. The fraction of sp³-hybridized carbons (Fsp3) is 0.214. The second kappa shape index (κ2) is 5.69. The van der Waals surface area contributed by atoms with E-state index in [1.165, 1.54) is 6.33 Å². The van der Waals surface area contributed by atoms with Crippen molar-refractivity contribution < 1.29 is 9.21 Å². The molecule has 0 unspecified atom stereocenters. The Bertz CT molecular complexity index is 861. The molecule has 0 radical (unpaired) electrons. The van der Waals surface area contributed by atoms with Gasteiger partial charge in [0, 0.05) is 22.8 Å². The van der Waals surface area contributed by atoms with E-state index >= 15 is 0 Å². The zero-order valence-electron chi connectivity index (χ0n) is 11.0. The highest BCUT2D eigenvalue weighted by Crippen LogP contribution is 2.27. The summed E-state index contributed by atoms with van der Waals surface area (Å²) >= 11 is 3.37. The van der Waals surface area contributed by atoms with E-state index < -0.39 is 0 Å². The maximum Gasteiger partial charge on any atom is 0.294 e. The van der Waals surface area contributed by atoms with Gasteiger partial charge < -0.3 is 14.7 Å². The number of nitrogens with one attached hydrogen (secondary N) is 2. The molecule has 1 aliphatic rings. The van der Waals surface area contributed by atoms with Gasteiger partial charge in [-0.1, -0.05) is 15.9 Å². The zero-order valence-corrected chi connectivity index (χ0v) is 12.6. The fourth-order valence-electron chi connectivity index (χ4n) is 2.13. The molecule has 3 aromatic rings. The van der Waals surface area contributed by atoms with Crippen LogP contribution in [0.2, 0.25) is 0 Å². The normalized spacial score (nSPS) is 14.0. The number of carbonyl (C=O) groups is 1. The zero-order chi connectivity index (χ0) is 14.8. The molecule has 1 fully saturated rings. The van der Waals surface area contributed by atoms with Crippen molar-refractivity contribution in [2.45, 2.75) is 12.8 Å². The Morgan fingerprint density at radius 1 is 1.29 bits per heavy atom. The third kappa shape index (κ3) is 2.82. The molecule has 2 aromatic heterocycles. The minimum Gasteiger partial charge on any atom is -0.449 e. The van der Waals surface area contributed by atoms with Crippen molar-refractivity contribution in [2.75, 3.05) is 6.54 Å². The summed E-state index contributed by atoms with van der Waals surface area (Å²) in [4.78, 5) is 28.1. The lowest BCUT2D eigenvalue weighted by molar-refractivity contribution is -0.119. The molecule has 1 aliphatic heterocycles. The van der Waals surface area contributed by atoms with Gasteiger partial charge in [-0.25, -0.2) is 4.98 Å². The van der Waals surface area contributed by atoms with E-state index in [9.17, 15) is 9.59 Å². The summed E-state index contributed by atoms with van der Waals surface area (Å²) in [7, 11) is 0. The number of halogens is 1. The summed E-state index contributed by atoms with van der Waals surface area (Å²) in [6.07, 6.45) is 3.14. The van der Waals surface area contributed by atoms with Crippen LogP contribution in [-0.4, -0.2) is 22.4 Å². The van der Waals surface area contributed by atoms with Gasteiger partial charge in [-0.3, -0.25) is 9.59 Å². The fourth-order valence-corrected chi connectivity index (χ4v) is 2.49. The molecule has 1 aromatic carbocycles. The third-order valence-electron chi connectivity index (χ3n) is 3.12. The summed E-state index contributed by atoms with van der Waals surface area (Å²) in [5.41, 5.74) is 1.27. The highest BCUT2D eigenvalue weighted by Gasteiger charge is 2.10. The van der Waals surface area contributed by atoms with E-state index in [0.29, 0.717) is 11.1 Å². The van der Waals surface area contributed by atoms with Crippen LogP contribution >= 0.6 is 15.9 Å². The predicted molar refractivity (Wildman–Crippen MR) is 82.1 cm³/mol. The number of fused-ring (bicyclic) bond motifs is 3. The Labute approximate surface area is 127 Å².